The highest BCUT2D eigenvalue weighted by atomic mass is 32.1. The number of nitrogens with zero attached hydrogens (tertiary/aromatic N) is 1. The molecule has 1 aliphatic rings. The molecule has 2 atom stereocenters. The molecule has 0 aliphatic heterocycles. The molecular weight excluding hydrogens is 282 g/mol. The smallest absolute Gasteiger partial charge is 0.263 e. The summed E-state index contributed by atoms with van der Waals surface area (Å²) in [4.78, 5) is 16.2. The fourth-order valence-corrected chi connectivity index (χ4v) is 4.06. The number of carbonyl (C=O) groups excluding carboxylic acids is 1. The molecule has 1 N–H and O–H groups in total. The molecule has 1 aromatic heterocycles. The Balaban J connectivity index is 2.15. The molecule has 1 heterocycles. The summed E-state index contributed by atoms with van der Waals surface area (Å²) in [6, 6.07) is 2.26. The van der Waals surface area contributed by atoms with Crippen molar-refractivity contribution in [2.24, 2.45) is 5.92 Å². The lowest BCUT2D eigenvalue weighted by atomic mass is 9.85. The number of aryl methyl sites for hydroxylation is 1. The van der Waals surface area contributed by atoms with E-state index < -0.39 is 0 Å². The van der Waals surface area contributed by atoms with Crippen LogP contribution in [-0.2, 0) is 0 Å². The zero-order valence-electron chi connectivity index (χ0n) is 13.0. The van der Waals surface area contributed by atoms with Crippen LogP contribution in [0.3, 0.4) is 0 Å². The minimum absolute atomic E-state index is 0.0962. The van der Waals surface area contributed by atoms with Crippen LogP contribution >= 0.6 is 11.3 Å². The average Bonchev–Trinajstić information content (AvgIpc) is 2.85. The van der Waals surface area contributed by atoms with Gasteiger partial charge in [-0.15, -0.1) is 11.3 Å². The molecular formula is C17H23NO2S. The number of carbonyl (C=O) groups is 1. The van der Waals surface area contributed by atoms with Crippen molar-refractivity contribution in [2.75, 3.05) is 13.7 Å². The van der Waals surface area contributed by atoms with Crippen LogP contribution in [0.5, 0.6) is 0 Å². The molecule has 0 saturated heterocycles. The number of amides is 1. The van der Waals surface area contributed by atoms with E-state index in [1.807, 2.05) is 24.9 Å². The number of thiophene rings is 1. The van der Waals surface area contributed by atoms with E-state index in [1.54, 1.807) is 0 Å². The fourth-order valence-electron chi connectivity index (χ4n) is 3.03. The van der Waals surface area contributed by atoms with Gasteiger partial charge in [0.25, 0.3) is 5.91 Å². The number of aliphatic hydroxyl groups is 1. The Kier molecular flexibility index (Phi) is 5.44. The van der Waals surface area contributed by atoms with Crippen molar-refractivity contribution < 1.29 is 9.90 Å². The van der Waals surface area contributed by atoms with Crippen molar-refractivity contribution >= 4 is 17.2 Å². The van der Waals surface area contributed by atoms with Gasteiger partial charge in [0.1, 0.15) is 6.61 Å². The second-order valence-electron chi connectivity index (χ2n) is 5.83. The van der Waals surface area contributed by atoms with Crippen LogP contribution in [0.15, 0.2) is 6.07 Å². The summed E-state index contributed by atoms with van der Waals surface area (Å²) in [6.07, 6.45) is 4.80. The molecule has 2 rings (SSSR count). The van der Waals surface area contributed by atoms with Gasteiger partial charge in [-0.1, -0.05) is 31.6 Å². The normalized spacial score (nSPS) is 21.5. The van der Waals surface area contributed by atoms with Gasteiger partial charge in [-0.05, 0) is 37.3 Å². The summed E-state index contributed by atoms with van der Waals surface area (Å²) in [5.41, 5.74) is 1.01. The SMILES string of the molecule is Cc1cc(C(=O)N(C)C2CCCCC2C)sc1C#CCO. The van der Waals surface area contributed by atoms with Gasteiger partial charge in [0.05, 0.1) is 9.75 Å². The van der Waals surface area contributed by atoms with Gasteiger partial charge in [-0.2, -0.15) is 0 Å². The van der Waals surface area contributed by atoms with Crippen LogP contribution in [0, 0.1) is 24.7 Å². The Labute approximate surface area is 131 Å². The van der Waals surface area contributed by atoms with E-state index in [0.29, 0.717) is 12.0 Å². The third kappa shape index (κ3) is 3.66. The summed E-state index contributed by atoms with van der Waals surface area (Å²) in [7, 11) is 1.92. The Hall–Kier alpha value is -1.31. The highest BCUT2D eigenvalue weighted by molar-refractivity contribution is 7.14. The summed E-state index contributed by atoms with van der Waals surface area (Å²) in [6.45, 7) is 4.05. The lowest BCUT2D eigenvalue weighted by Gasteiger charge is -2.36. The average molecular weight is 305 g/mol. The summed E-state index contributed by atoms with van der Waals surface area (Å²) in [5, 5.41) is 8.78. The second kappa shape index (κ2) is 7.11. The first-order valence-corrected chi connectivity index (χ1v) is 8.33. The lowest BCUT2D eigenvalue weighted by molar-refractivity contribution is 0.0634. The van der Waals surface area contributed by atoms with Crippen LogP contribution in [0.1, 0.15) is 52.7 Å². The third-order valence-electron chi connectivity index (χ3n) is 4.29. The van der Waals surface area contributed by atoms with Crippen LogP contribution < -0.4 is 0 Å². The minimum atomic E-state index is -0.153. The molecule has 0 bridgehead atoms. The topological polar surface area (TPSA) is 40.5 Å². The maximum absolute atomic E-state index is 12.7. The lowest BCUT2D eigenvalue weighted by Crippen LogP contribution is -2.42. The van der Waals surface area contributed by atoms with Gasteiger partial charge in [-0.25, -0.2) is 0 Å². The van der Waals surface area contributed by atoms with Gasteiger partial charge in [0.15, 0.2) is 0 Å². The van der Waals surface area contributed by atoms with E-state index in [2.05, 4.69) is 18.8 Å². The summed E-state index contributed by atoms with van der Waals surface area (Å²) >= 11 is 1.43. The zero-order valence-corrected chi connectivity index (χ0v) is 13.8. The Bertz CT molecular complexity index is 567. The van der Waals surface area contributed by atoms with Crippen LogP contribution in [0.4, 0.5) is 0 Å². The molecule has 1 saturated carbocycles. The van der Waals surface area contributed by atoms with Crippen LogP contribution in [0.2, 0.25) is 0 Å². The van der Waals surface area contributed by atoms with Gasteiger partial charge in [-0.3, -0.25) is 4.79 Å². The molecule has 3 nitrogen and oxygen atoms in total. The molecule has 1 aliphatic carbocycles. The third-order valence-corrected chi connectivity index (χ3v) is 5.43. The maximum atomic E-state index is 12.7. The van der Waals surface area contributed by atoms with Crippen LogP contribution in [0.25, 0.3) is 0 Å². The van der Waals surface area contributed by atoms with Crippen LogP contribution in [-0.4, -0.2) is 35.6 Å². The molecule has 2 unspecified atom stereocenters. The van der Waals surface area contributed by atoms with E-state index in [1.165, 1.54) is 30.6 Å². The van der Waals surface area contributed by atoms with E-state index in [9.17, 15) is 4.79 Å². The first-order chi connectivity index (χ1) is 10.0. The number of rotatable bonds is 2. The predicted molar refractivity (Wildman–Crippen MR) is 86.5 cm³/mol. The standard InChI is InChI=1S/C17H23NO2S/c1-12-7-4-5-8-14(12)18(3)17(20)16-11-13(2)15(21-16)9-6-10-19/h11-12,14,19H,4-5,7-8,10H2,1-3H3. The van der Waals surface area contributed by atoms with Crippen molar-refractivity contribution in [2.45, 2.75) is 45.6 Å². The number of aliphatic hydroxyl groups excluding tert-OH is 1. The quantitative estimate of drug-likeness (QED) is 0.853. The van der Waals surface area contributed by atoms with Gasteiger partial charge in [0.2, 0.25) is 0 Å². The van der Waals surface area contributed by atoms with Crippen molar-refractivity contribution in [3.8, 4) is 11.8 Å². The monoisotopic (exact) mass is 305 g/mol. The van der Waals surface area contributed by atoms with Gasteiger partial charge in [0, 0.05) is 13.1 Å². The molecule has 0 radical (unpaired) electrons. The van der Waals surface area contributed by atoms with E-state index >= 15 is 0 Å². The molecule has 1 amide bonds. The maximum Gasteiger partial charge on any atom is 0.263 e. The Morgan fingerprint density at radius 2 is 2.19 bits per heavy atom. The highest BCUT2D eigenvalue weighted by Gasteiger charge is 2.29. The zero-order chi connectivity index (χ0) is 15.4. The molecule has 0 spiro atoms. The fraction of sp³-hybridized carbons (Fsp3) is 0.588. The van der Waals surface area contributed by atoms with E-state index in [0.717, 1.165) is 21.7 Å². The second-order valence-corrected chi connectivity index (χ2v) is 6.88. The van der Waals surface area contributed by atoms with Crippen molar-refractivity contribution in [3.63, 3.8) is 0 Å². The molecule has 114 valence electrons. The molecule has 1 fully saturated rings. The summed E-state index contributed by atoms with van der Waals surface area (Å²) in [5.74, 6) is 6.23. The minimum Gasteiger partial charge on any atom is -0.384 e. The van der Waals surface area contributed by atoms with Crippen molar-refractivity contribution in [3.05, 3.63) is 21.4 Å². The summed E-state index contributed by atoms with van der Waals surface area (Å²) < 4.78 is 0. The largest absolute Gasteiger partial charge is 0.384 e. The Morgan fingerprint density at radius 3 is 2.86 bits per heavy atom. The van der Waals surface area contributed by atoms with E-state index in [4.69, 9.17) is 5.11 Å². The molecule has 21 heavy (non-hydrogen) atoms. The van der Waals surface area contributed by atoms with Gasteiger partial charge >= 0.3 is 0 Å². The molecule has 4 heteroatoms. The first kappa shape index (κ1) is 16.1. The van der Waals surface area contributed by atoms with Crippen molar-refractivity contribution in [1.29, 1.82) is 0 Å². The van der Waals surface area contributed by atoms with Gasteiger partial charge < -0.3 is 10.0 Å². The molecule has 1 aromatic rings. The number of hydrogen-bond acceptors (Lipinski definition) is 3. The Morgan fingerprint density at radius 1 is 1.48 bits per heavy atom. The van der Waals surface area contributed by atoms with Crippen molar-refractivity contribution in [1.82, 2.24) is 4.90 Å². The molecule has 0 aromatic carbocycles. The predicted octanol–water partition coefficient (Wildman–Crippen LogP) is 3.05. The number of hydrogen-bond donors (Lipinski definition) is 1. The highest BCUT2D eigenvalue weighted by Crippen LogP contribution is 2.30. The van der Waals surface area contributed by atoms with E-state index in [-0.39, 0.29) is 12.5 Å². The first-order valence-electron chi connectivity index (χ1n) is 7.52.